The molecule has 1 amide bonds. The highest BCUT2D eigenvalue weighted by Crippen LogP contribution is 2.16. The molecule has 1 atom stereocenters. The van der Waals surface area contributed by atoms with E-state index in [2.05, 4.69) is 12.2 Å². The van der Waals surface area contributed by atoms with E-state index in [4.69, 9.17) is 11.6 Å². The summed E-state index contributed by atoms with van der Waals surface area (Å²) in [5, 5.41) is 2.75. The number of thiophene rings is 1. The summed E-state index contributed by atoms with van der Waals surface area (Å²) in [6, 6.07) is 3.85. The molecule has 0 aliphatic carbocycles. The standard InChI is InChI=1S/C10H14ClNOS/c1-3-8-4-5-9(14-8)10(13)12-6-7(2)11/h4-5,7H,3,6H2,1-2H3,(H,12,13). The highest BCUT2D eigenvalue weighted by molar-refractivity contribution is 7.14. The van der Waals surface area contributed by atoms with Crippen LogP contribution in [0.2, 0.25) is 0 Å². The molecule has 1 heterocycles. The average Bonchev–Trinajstić information content (AvgIpc) is 2.62. The summed E-state index contributed by atoms with van der Waals surface area (Å²) < 4.78 is 0. The minimum Gasteiger partial charge on any atom is -0.350 e. The van der Waals surface area contributed by atoms with Crippen LogP contribution in [0, 0.1) is 0 Å². The van der Waals surface area contributed by atoms with Crippen LogP contribution in [0.5, 0.6) is 0 Å². The van der Waals surface area contributed by atoms with E-state index in [1.54, 1.807) is 0 Å². The average molecular weight is 232 g/mol. The summed E-state index contributed by atoms with van der Waals surface area (Å²) in [5.74, 6) is -0.0257. The molecular weight excluding hydrogens is 218 g/mol. The van der Waals surface area contributed by atoms with Crippen LogP contribution >= 0.6 is 22.9 Å². The number of carbonyl (C=O) groups is 1. The molecule has 0 radical (unpaired) electrons. The quantitative estimate of drug-likeness (QED) is 0.794. The van der Waals surface area contributed by atoms with Crippen LogP contribution in [0.4, 0.5) is 0 Å². The molecule has 0 aliphatic rings. The minimum atomic E-state index is -0.0257. The maximum atomic E-state index is 11.5. The van der Waals surface area contributed by atoms with Crippen LogP contribution in [-0.4, -0.2) is 17.8 Å². The predicted octanol–water partition coefficient (Wildman–Crippen LogP) is 2.67. The molecule has 1 N–H and O–H groups in total. The maximum absolute atomic E-state index is 11.5. The molecule has 0 spiro atoms. The molecule has 0 saturated carbocycles. The zero-order valence-corrected chi connectivity index (χ0v) is 9.91. The first-order valence-corrected chi connectivity index (χ1v) is 5.89. The fourth-order valence-electron chi connectivity index (χ4n) is 1.01. The van der Waals surface area contributed by atoms with Crippen LogP contribution in [0.15, 0.2) is 12.1 Å². The minimum absolute atomic E-state index is 0.0236. The number of halogens is 1. The van der Waals surface area contributed by atoms with Crippen LogP contribution in [0.3, 0.4) is 0 Å². The first-order valence-electron chi connectivity index (χ1n) is 4.64. The number of alkyl halides is 1. The first-order chi connectivity index (χ1) is 6.63. The number of hydrogen-bond acceptors (Lipinski definition) is 2. The van der Waals surface area contributed by atoms with Crippen molar-refractivity contribution in [3.63, 3.8) is 0 Å². The van der Waals surface area contributed by atoms with Crippen molar-refractivity contribution in [1.82, 2.24) is 5.32 Å². The van der Waals surface area contributed by atoms with E-state index in [1.807, 2.05) is 19.1 Å². The number of nitrogens with one attached hydrogen (secondary N) is 1. The van der Waals surface area contributed by atoms with E-state index in [9.17, 15) is 4.79 Å². The summed E-state index contributed by atoms with van der Waals surface area (Å²) in [5.41, 5.74) is 0. The molecule has 0 aromatic carbocycles. The highest BCUT2D eigenvalue weighted by atomic mass is 35.5. The number of carbonyl (C=O) groups excluding carboxylic acids is 1. The molecule has 1 unspecified atom stereocenters. The molecule has 0 aliphatic heterocycles. The maximum Gasteiger partial charge on any atom is 0.261 e. The number of amides is 1. The molecule has 1 aromatic heterocycles. The van der Waals surface area contributed by atoms with Gasteiger partial charge in [-0.3, -0.25) is 4.79 Å². The van der Waals surface area contributed by atoms with Gasteiger partial charge < -0.3 is 5.32 Å². The molecule has 0 bridgehead atoms. The lowest BCUT2D eigenvalue weighted by molar-refractivity contribution is 0.0958. The van der Waals surface area contributed by atoms with Crippen molar-refractivity contribution in [3.8, 4) is 0 Å². The molecule has 4 heteroatoms. The molecule has 1 aromatic rings. The second kappa shape index (κ2) is 5.37. The molecule has 0 fully saturated rings. The van der Waals surface area contributed by atoms with Crippen LogP contribution in [-0.2, 0) is 6.42 Å². The summed E-state index contributed by atoms with van der Waals surface area (Å²) in [6.07, 6.45) is 0.976. The Morgan fingerprint density at radius 3 is 2.86 bits per heavy atom. The van der Waals surface area contributed by atoms with E-state index in [1.165, 1.54) is 16.2 Å². The first kappa shape index (κ1) is 11.5. The van der Waals surface area contributed by atoms with E-state index in [0.717, 1.165) is 11.3 Å². The van der Waals surface area contributed by atoms with Crippen molar-refractivity contribution >= 4 is 28.8 Å². The number of hydrogen-bond donors (Lipinski definition) is 1. The summed E-state index contributed by atoms with van der Waals surface area (Å²) >= 11 is 7.27. The second-order valence-corrected chi connectivity index (χ2v) is 5.02. The molecule has 1 rings (SSSR count). The van der Waals surface area contributed by atoms with Gasteiger partial charge in [-0.05, 0) is 25.5 Å². The van der Waals surface area contributed by atoms with E-state index in [0.29, 0.717) is 6.54 Å². The molecule has 14 heavy (non-hydrogen) atoms. The Hall–Kier alpha value is -0.540. The fraction of sp³-hybridized carbons (Fsp3) is 0.500. The summed E-state index contributed by atoms with van der Waals surface area (Å²) in [7, 11) is 0. The van der Waals surface area contributed by atoms with Crippen molar-refractivity contribution in [2.24, 2.45) is 0 Å². The lowest BCUT2D eigenvalue weighted by Gasteiger charge is -2.03. The van der Waals surface area contributed by atoms with Crippen LogP contribution in [0.1, 0.15) is 28.4 Å². The third-order valence-electron chi connectivity index (χ3n) is 1.78. The summed E-state index contributed by atoms with van der Waals surface area (Å²) in [6.45, 7) is 4.45. The van der Waals surface area contributed by atoms with Crippen molar-refractivity contribution < 1.29 is 4.79 Å². The van der Waals surface area contributed by atoms with Gasteiger partial charge in [-0.25, -0.2) is 0 Å². The third kappa shape index (κ3) is 3.31. The Balaban J connectivity index is 2.52. The topological polar surface area (TPSA) is 29.1 Å². The van der Waals surface area contributed by atoms with Gasteiger partial charge in [0.15, 0.2) is 0 Å². The molecule has 2 nitrogen and oxygen atoms in total. The Labute approximate surface area is 93.3 Å². The smallest absolute Gasteiger partial charge is 0.261 e. The van der Waals surface area contributed by atoms with E-state index in [-0.39, 0.29) is 11.3 Å². The Morgan fingerprint density at radius 1 is 1.64 bits per heavy atom. The third-order valence-corrected chi connectivity index (χ3v) is 3.16. The molecule has 78 valence electrons. The van der Waals surface area contributed by atoms with Gasteiger partial charge in [0.2, 0.25) is 0 Å². The lowest BCUT2D eigenvalue weighted by Crippen LogP contribution is -2.27. The van der Waals surface area contributed by atoms with Crippen LogP contribution < -0.4 is 5.32 Å². The fourth-order valence-corrected chi connectivity index (χ4v) is 1.95. The Morgan fingerprint density at radius 2 is 2.36 bits per heavy atom. The van der Waals surface area contributed by atoms with Crippen molar-refractivity contribution in [3.05, 3.63) is 21.9 Å². The van der Waals surface area contributed by atoms with Crippen molar-refractivity contribution in [2.75, 3.05) is 6.54 Å². The van der Waals surface area contributed by atoms with Crippen molar-refractivity contribution in [1.29, 1.82) is 0 Å². The van der Waals surface area contributed by atoms with Crippen LogP contribution in [0.25, 0.3) is 0 Å². The monoisotopic (exact) mass is 231 g/mol. The normalized spacial score (nSPS) is 12.5. The van der Waals surface area contributed by atoms with Gasteiger partial charge in [-0.15, -0.1) is 22.9 Å². The Kier molecular flexibility index (Phi) is 4.42. The van der Waals surface area contributed by atoms with Gasteiger partial charge in [-0.1, -0.05) is 6.92 Å². The van der Waals surface area contributed by atoms with Gasteiger partial charge in [0.1, 0.15) is 0 Å². The Bertz CT molecular complexity index is 309. The summed E-state index contributed by atoms with van der Waals surface area (Å²) in [4.78, 5) is 13.5. The van der Waals surface area contributed by atoms with E-state index < -0.39 is 0 Å². The number of rotatable bonds is 4. The van der Waals surface area contributed by atoms with Gasteiger partial charge >= 0.3 is 0 Å². The largest absolute Gasteiger partial charge is 0.350 e. The van der Waals surface area contributed by atoms with Gasteiger partial charge in [0.05, 0.1) is 4.88 Å². The second-order valence-electron chi connectivity index (χ2n) is 3.11. The molecular formula is C10H14ClNOS. The van der Waals surface area contributed by atoms with E-state index >= 15 is 0 Å². The lowest BCUT2D eigenvalue weighted by atomic mass is 10.3. The zero-order chi connectivity index (χ0) is 10.6. The molecule has 0 saturated heterocycles. The highest BCUT2D eigenvalue weighted by Gasteiger charge is 2.08. The zero-order valence-electron chi connectivity index (χ0n) is 8.34. The van der Waals surface area contributed by atoms with Gasteiger partial charge in [0, 0.05) is 16.8 Å². The van der Waals surface area contributed by atoms with Crippen molar-refractivity contribution in [2.45, 2.75) is 25.6 Å². The predicted molar refractivity (Wildman–Crippen MR) is 61.3 cm³/mol. The van der Waals surface area contributed by atoms with Gasteiger partial charge in [0.25, 0.3) is 5.91 Å². The number of aryl methyl sites for hydroxylation is 1. The SMILES string of the molecule is CCc1ccc(C(=O)NCC(C)Cl)s1. The van der Waals surface area contributed by atoms with Gasteiger partial charge in [-0.2, -0.15) is 0 Å².